The van der Waals surface area contributed by atoms with E-state index in [1.54, 1.807) is 0 Å². The van der Waals surface area contributed by atoms with Crippen molar-refractivity contribution in [3.05, 3.63) is 27.7 Å². The summed E-state index contributed by atoms with van der Waals surface area (Å²) < 4.78 is 5.05. The minimum Gasteiger partial charge on any atom is -0.449 e. The number of anilines is 1. The van der Waals surface area contributed by atoms with E-state index in [9.17, 15) is 9.90 Å². The summed E-state index contributed by atoms with van der Waals surface area (Å²) in [5, 5.41) is 12.5. The van der Waals surface area contributed by atoms with Crippen LogP contribution in [0.3, 0.4) is 0 Å². The second-order valence-corrected chi connectivity index (χ2v) is 5.24. The molecule has 1 rings (SSSR count). The van der Waals surface area contributed by atoms with Gasteiger partial charge in [-0.05, 0) is 18.6 Å². The zero-order chi connectivity index (χ0) is 15.0. The number of carbonyl (C=O) groups is 1. The van der Waals surface area contributed by atoms with Gasteiger partial charge in [-0.1, -0.05) is 49.4 Å². The Morgan fingerprint density at radius 1 is 1.30 bits per heavy atom. The summed E-state index contributed by atoms with van der Waals surface area (Å²) in [7, 11) is 0. The molecular formula is C14H19Cl2NO3. The summed E-state index contributed by atoms with van der Waals surface area (Å²) in [5.41, 5.74) is 0.780. The van der Waals surface area contributed by atoms with Gasteiger partial charge in [-0.2, -0.15) is 0 Å². The molecule has 0 saturated carbocycles. The molecule has 0 bridgehead atoms. The number of amides is 1. The molecule has 0 aromatic heterocycles. The van der Waals surface area contributed by atoms with Crippen LogP contribution in [0.25, 0.3) is 0 Å². The van der Waals surface area contributed by atoms with Gasteiger partial charge in [-0.25, -0.2) is 4.79 Å². The van der Waals surface area contributed by atoms with Crippen molar-refractivity contribution in [3.8, 4) is 0 Å². The molecule has 1 amide bonds. The molecule has 112 valence electrons. The van der Waals surface area contributed by atoms with E-state index in [4.69, 9.17) is 27.9 Å². The summed E-state index contributed by atoms with van der Waals surface area (Å²) in [6.45, 7) is 2.20. The lowest BCUT2D eigenvalue weighted by atomic mass is 10.2. The maximum absolute atomic E-state index is 11.6. The molecule has 0 heterocycles. The third-order valence-electron chi connectivity index (χ3n) is 2.79. The van der Waals surface area contributed by atoms with E-state index >= 15 is 0 Å². The quantitative estimate of drug-likeness (QED) is 0.721. The molecular weight excluding hydrogens is 301 g/mol. The number of ether oxygens (including phenoxy) is 1. The number of halogens is 2. The second kappa shape index (κ2) is 9.06. The normalized spacial score (nSPS) is 10.4. The van der Waals surface area contributed by atoms with Crippen LogP contribution in [0.15, 0.2) is 12.1 Å². The summed E-state index contributed by atoms with van der Waals surface area (Å²) in [6, 6.07) is 3.03. The van der Waals surface area contributed by atoms with Gasteiger partial charge in [0.1, 0.15) is 0 Å². The number of unbranched alkanes of at least 4 members (excludes halogenated alkanes) is 3. The highest BCUT2D eigenvalue weighted by Gasteiger charge is 2.11. The zero-order valence-corrected chi connectivity index (χ0v) is 12.9. The summed E-state index contributed by atoms with van der Waals surface area (Å²) in [4.78, 5) is 11.6. The third-order valence-corrected chi connectivity index (χ3v) is 3.34. The lowest BCUT2D eigenvalue weighted by molar-refractivity contribution is 0.159. The van der Waals surface area contributed by atoms with E-state index in [-0.39, 0.29) is 6.61 Å². The van der Waals surface area contributed by atoms with Gasteiger partial charge in [-0.3, -0.25) is 5.32 Å². The van der Waals surface area contributed by atoms with Gasteiger partial charge in [0.25, 0.3) is 0 Å². The highest BCUT2D eigenvalue weighted by Crippen LogP contribution is 2.29. The molecule has 0 aliphatic rings. The van der Waals surface area contributed by atoms with Gasteiger partial charge in [0, 0.05) is 15.6 Å². The molecule has 0 fully saturated rings. The highest BCUT2D eigenvalue weighted by molar-refractivity contribution is 6.35. The molecule has 20 heavy (non-hydrogen) atoms. The summed E-state index contributed by atoms with van der Waals surface area (Å²) in [6.07, 6.45) is 3.56. The van der Waals surface area contributed by atoms with Gasteiger partial charge in [-0.15, -0.1) is 0 Å². The van der Waals surface area contributed by atoms with E-state index < -0.39 is 6.09 Å². The second-order valence-electron chi connectivity index (χ2n) is 4.39. The van der Waals surface area contributed by atoms with Crippen molar-refractivity contribution in [1.82, 2.24) is 0 Å². The predicted octanol–water partition coefficient (Wildman–Crippen LogP) is 4.61. The monoisotopic (exact) mass is 319 g/mol. The van der Waals surface area contributed by atoms with E-state index in [1.165, 1.54) is 12.1 Å². The van der Waals surface area contributed by atoms with Crippen molar-refractivity contribution in [2.75, 3.05) is 11.9 Å². The Hall–Kier alpha value is -0.970. The molecule has 0 atom stereocenters. The molecule has 0 aliphatic carbocycles. The molecule has 0 radical (unpaired) electrons. The molecule has 0 saturated heterocycles. The van der Waals surface area contributed by atoms with Crippen LogP contribution in [0, 0.1) is 0 Å². The van der Waals surface area contributed by atoms with E-state index in [1.807, 2.05) is 0 Å². The number of rotatable bonds is 7. The minimum absolute atomic E-state index is 0.290. The lowest BCUT2D eigenvalue weighted by Crippen LogP contribution is -2.15. The first kappa shape index (κ1) is 17.1. The summed E-state index contributed by atoms with van der Waals surface area (Å²) >= 11 is 11.8. The van der Waals surface area contributed by atoms with Crippen LogP contribution >= 0.6 is 23.2 Å². The molecule has 6 heteroatoms. The number of nitrogens with one attached hydrogen (secondary N) is 1. The molecule has 0 aliphatic heterocycles. The van der Waals surface area contributed by atoms with E-state index in [0.717, 1.165) is 25.7 Å². The smallest absolute Gasteiger partial charge is 0.411 e. The topological polar surface area (TPSA) is 58.6 Å². The van der Waals surface area contributed by atoms with Crippen molar-refractivity contribution >= 4 is 35.0 Å². The van der Waals surface area contributed by atoms with Gasteiger partial charge < -0.3 is 9.84 Å². The Morgan fingerprint density at radius 2 is 2.05 bits per heavy atom. The molecule has 1 aromatic rings. The summed E-state index contributed by atoms with van der Waals surface area (Å²) in [5.74, 6) is 0. The van der Waals surface area contributed by atoms with Gasteiger partial charge >= 0.3 is 6.09 Å². The average Bonchev–Trinajstić information content (AvgIpc) is 2.38. The number of hydrogen-bond donors (Lipinski definition) is 2. The van der Waals surface area contributed by atoms with Gasteiger partial charge in [0.05, 0.1) is 18.9 Å². The number of hydrogen-bond acceptors (Lipinski definition) is 3. The van der Waals surface area contributed by atoms with Crippen LogP contribution in [0.1, 0.15) is 38.2 Å². The molecule has 0 unspecified atom stereocenters. The Balaban J connectivity index is 2.53. The lowest BCUT2D eigenvalue weighted by Gasteiger charge is -2.12. The van der Waals surface area contributed by atoms with Crippen LogP contribution < -0.4 is 5.32 Å². The van der Waals surface area contributed by atoms with Gasteiger partial charge in [0.2, 0.25) is 0 Å². The largest absolute Gasteiger partial charge is 0.449 e. The highest BCUT2D eigenvalue weighted by atomic mass is 35.5. The van der Waals surface area contributed by atoms with Gasteiger partial charge in [0.15, 0.2) is 0 Å². The first-order valence-electron chi connectivity index (χ1n) is 6.61. The first-order valence-corrected chi connectivity index (χ1v) is 7.36. The van der Waals surface area contributed by atoms with Crippen LogP contribution in [-0.2, 0) is 11.3 Å². The van der Waals surface area contributed by atoms with Crippen molar-refractivity contribution in [2.45, 2.75) is 39.2 Å². The van der Waals surface area contributed by atoms with Crippen LogP contribution in [0.4, 0.5) is 10.5 Å². The number of aliphatic hydroxyl groups excluding tert-OH is 1. The Bertz CT molecular complexity index is 452. The zero-order valence-electron chi connectivity index (χ0n) is 11.4. The SMILES string of the molecule is CCCCCCOC(=O)Nc1cc(Cl)cc(Cl)c1CO. The molecule has 0 spiro atoms. The molecule has 4 nitrogen and oxygen atoms in total. The minimum atomic E-state index is -0.575. The Kier molecular flexibility index (Phi) is 7.73. The van der Waals surface area contributed by atoms with Crippen molar-refractivity contribution in [3.63, 3.8) is 0 Å². The van der Waals surface area contributed by atoms with Crippen molar-refractivity contribution in [1.29, 1.82) is 0 Å². The Morgan fingerprint density at radius 3 is 2.70 bits per heavy atom. The fraction of sp³-hybridized carbons (Fsp3) is 0.500. The van der Waals surface area contributed by atoms with Crippen LogP contribution in [0.2, 0.25) is 10.0 Å². The molecule has 2 N–H and O–H groups in total. The van der Waals surface area contributed by atoms with E-state index in [0.29, 0.717) is 27.9 Å². The fourth-order valence-corrected chi connectivity index (χ4v) is 2.27. The standard InChI is InChI=1S/C14H19Cl2NO3/c1-2-3-4-5-6-20-14(19)17-13-8-10(15)7-12(16)11(13)9-18/h7-8,18H,2-6,9H2,1H3,(H,17,19). The maximum Gasteiger partial charge on any atom is 0.411 e. The van der Waals surface area contributed by atoms with Crippen LogP contribution in [-0.4, -0.2) is 17.8 Å². The average molecular weight is 320 g/mol. The maximum atomic E-state index is 11.6. The third kappa shape index (κ3) is 5.57. The number of aliphatic hydroxyl groups is 1. The number of carbonyl (C=O) groups excluding carboxylic acids is 1. The Labute approximate surface area is 129 Å². The fourth-order valence-electron chi connectivity index (χ4n) is 1.72. The van der Waals surface area contributed by atoms with Crippen LogP contribution in [0.5, 0.6) is 0 Å². The predicted molar refractivity (Wildman–Crippen MR) is 81.5 cm³/mol. The molecule has 1 aromatic carbocycles. The first-order chi connectivity index (χ1) is 9.58. The number of benzene rings is 1. The van der Waals surface area contributed by atoms with Crippen molar-refractivity contribution in [2.24, 2.45) is 0 Å². The van der Waals surface area contributed by atoms with Crippen molar-refractivity contribution < 1.29 is 14.6 Å². The van der Waals surface area contributed by atoms with E-state index in [2.05, 4.69) is 12.2 Å².